The molecule has 3 N–H and O–H groups in total. The van der Waals surface area contributed by atoms with Gasteiger partial charge in [-0.3, -0.25) is 9.59 Å². The number of carboxylic acid groups (broad SMARTS) is 1. The molecule has 0 fully saturated rings. The average Bonchev–Trinajstić information content (AvgIpc) is 2.83. The molecule has 0 saturated heterocycles. The molecule has 0 aliphatic heterocycles. The van der Waals surface area contributed by atoms with Crippen molar-refractivity contribution in [2.75, 3.05) is 10.6 Å². The molecule has 21 heavy (non-hydrogen) atoms. The Morgan fingerprint density at radius 1 is 1.14 bits per heavy atom. The van der Waals surface area contributed by atoms with E-state index in [1.165, 1.54) is 18.3 Å². The maximum Gasteiger partial charge on any atom is 0.308 e. The summed E-state index contributed by atoms with van der Waals surface area (Å²) in [6.45, 7) is 2.09. The van der Waals surface area contributed by atoms with Crippen LogP contribution in [-0.4, -0.2) is 17.0 Å². The van der Waals surface area contributed by atoms with Crippen LogP contribution in [0.25, 0.3) is 0 Å². The van der Waals surface area contributed by atoms with Crippen LogP contribution in [0.1, 0.15) is 16.7 Å². The third-order valence-corrected chi connectivity index (χ3v) is 3.78. The first-order valence-corrected chi connectivity index (χ1v) is 7.25. The molecule has 1 amide bonds. The molecule has 2 rings (SSSR count). The van der Waals surface area contributed by atoms with Crippen molar-refractivity contribution in [1.29, 1.82) is 0 Å². The number of carbonyl (C=O) groups excluding carboxylic acids is 1. The molecule has 5 nitrogen and oxygen atoms in total. The van der Waals surface area contributed by atoms with Gasteiger partial charge in [0.1, 0.15) is 0 Å². The fourth-order valence-corrected chi connectivity index (χ4v) is 2.81. The first kappa shape index (κ1) is 15.1. The summed E-state index contributed by atoms with van der Waals surface area (Å²) < 4.78 is 0. The third kappa shape index (κ3) is 4.92. The number of nitrogens with one attached hydrogen (secondary N) is 2. The van der Waals surface area contributed by atoms with Gasteiger partial charge in [0.2, 0.25) is 5.91 Å². The molecule has 0 saturated carbocycles. The highest BCUT2D eigenvalue weighted by Crippen LogP contribution is 2.20. The molecule has 110 valence electrons. The second-order valence-corrected chi connectivity index (χ2v) is 5.81. The van der Waals surface area contributed by atoms with Crippen LogP contribution >= 0.6 is 11.3 Å². The molecule has 0 unspecified atom stereocenters. The summed E-state index contributed by atoms with van der Waals surface area (Å²) >= 11 is 1.48. The zero-order valence-corrected chi connectivity index (χ0v) is 12.4. The highest BCUT2D eigenvalue weighted by Gasteiger charge is 2.05. The van der Waals surface area contributed by atoms with Crippen LogP contribution in [0, 0.1) is 0 Å². The van der Waals surface area contributed by atoms with Gasteiger partial charge in [-0.05, 0) is 30.3 Å². The number of aliphatic carboxylic acids is 1. The number of hydrogen-bond donors (Lipinski definition) is 3. The van der Waals surface area contributed by atoms with E-state index in [-0.39, 0.29) is 12.3 Å². The number of hydrogen-bond acceptors (Lipinski definition) is 4. The van der Waals surface area contributed by atoms with Gasteiger partial charge in [-0.15, -0.1) is 11.3 Å². The summed E-state index contributed by atoms with van der Waals surface area (Å²) in [4.78, 5) is 23.6. The van der Waals surface area contributed by atoms with Crippen LogP contribution in [-0.2, 0) is 22.6 Å². The van der Waals surface area contributed by atoms with E-state index in [1.54, 1.807) is 0 Å². The molecule has 0 atom stereocenters. The van der Waals surface area contributed by atoms with Gasteiger partial charge in [-0.2, -0.15) is 0 Å². The molecule has 6 heteroatoms. The second kappa shape index (κ2) is 6.90. The Morgan fingerprint density at radius 2 is 1.86 bits per heavy atom. The second-order valence-electron chi connectivity index (χ2n) is 4.55. The number of rotatable bonds is 6. The maximum atomic E-state index is 11.0. The van der Waals surface area contributed by atoms with Crippen molar-refractivity contribution >= 4 is 34.6 Å². The molecule has 1 aromatic carbocycles. The average molecular weight is 304 g/mol. The van der Waals surface area contributed by atoms with Crippen LogP contribution in [0.5, 0.6) is 0 Å². The summed E-state index contributed by atoms with van der Waals surface area (Å²) in [5, 5.41) is 14.7. The summed E-state index contributed by atoms with van der Waals surface area (Å²) in [6.07, 6.45) is 0.0582. The van der Waals surface area contributed by atoms with E-state index in [2.05, 4.69) is 10.6 Å². The van der Waals surface area contributed by atoms with Crippen LogP contribution in [0.3, 0.4) is 0 Å². The number of anilines is 2. The quantitative estimate of drug-likeness (QED) is 0.766. The Kier molecular flexibility index (Phi) is 4.94. The monoisotopic (exact) mass is 304 g/mol. The maximum absolute atomic E-state index is 11.0. The predicted octanol–water partition coefficient (Wildman–Crippen LogP) is 2.95. The van der Waals surface area contributed by atoms with E-state index in [1.807, 2.05) is 36.4 Å². The van der Waals surface area contributed by atoms with Crippen molar-refractivity contribution in [2.24, 2.45) is 0 Å². The molecule has 1 heterocycles. The number of amides is 1. The van der Waals surface area contributed by atoms with Crippen molar-refractivity contribution in [1.82, 2.24) is 0 Å². The van der Waals surface area contributed by atoms with E-state index in [9.17, 15) is 9.59 Å². The summed E-state index contributed by atoms with van der Waals surface area (Å²) in [7, 11) is 0. The van der Waals surface area contributed by atoms with Crippen LogP contribution in [0.4, 0.5) is 11.4 Å². The SMILES string of the molecule is CC(=O)Nc1cccc(NCc2ccc(CC(=O)O)s2)c1. The number of thiophene rings is 1. The first-order chi connectivity index (χ1) is 10.0. The van der Waals surface area contributed by atoms with E-state index < -0.39 is 5.97 Å². The summed E-state index contributed by atoms with van der Waals surface area (Å²) in [5.74, 6) is -0.928. The number of carboxylic acids is 1. The molecular weight excluding hydrogens is 288 g/mol. The van der Waals surface area contributed by atoms with Gasteiger partial charge in [0, 0.05) is 34.6 Å². The zero-order chi connectivity index (χ0) is 15.2. The highest BCUT2D eigenvalue weighted by molar-refractivity contribution is 7.12. The van der Waals surface area contributed by atoms with Crippen LogP contribution < -0.4 is 10.6 Å². The van der Waals surface area contributed by atoms with Gasteiger partial charge in [-0.1, -0.05) is 6.07 Å². The largest absolute Gasteiger partial charge is 0.481 e. The van der Waals surface area contributed by atoms with Gasteiger partial charge < -0.3 is 15.7 Å². The molecule has 0 aliphatic rings. The van der Waals surface area contributed by atoms with Gasteiger partial charge >= 0.3 is 5.97 Å². The fraction of sp³-hybridized carbons (Fsp3) is 0.200. The van der Waals surface area contributed by atoms with Crippen molar-refractivity contribution < 1.29 is 14.7 Å². The van der Waals surface area contributed by atoms with Crippen molar-refractivity contribution in [2.45, 2.75) is 19.9 Å². The fourth-order valence-electron chi connectivity index (χ4n) is 1.86. The minimum Gasteiger partial charge on any atom is -0.481 e. The lowest BCUT2D eigenvalue weighted by Crippen LogP contribution is -2.06. The highest BCUT2D eigenvalue weighted by atomic mass is 32.1. The van der Waals surface area contributed by atoms with E-state index in [4.69, 9.17) is 5.11 Å². The molecule has 0 bridgehead atoms. The lowest BCUT2D eigenvalue weighted by atomic mass is 10.2. The number of carbonyl (C=O) groups is 2. The smallest absolute Gasteiger partial charge is 0.308 e. The molecule has 0 spiro atoms. The van der Waals surface area contributed by atoms with Crippen molar-refractivity contribution in [3.05, 3.63) is 46.2 Å². The van der Waals surface area contributed by atoms with Gasteiger partial charge in [-0.25, -0.2) is 0 Å². The molecule has 0 radical (unpaired) electrons. The Morgan fingerprint density at radius 3 is 2.57 bits per heavy atom. The number of benzene rings is 1. The van der Waals surface area contributed by atoms with E-state index in [0.717, 1.165) is 21.1 Å². The van der Waals surface area contributed by atoms with E-state index >= 15 is 0 Å². The zero-order valence-electron chi connectivity index (χ0n) is 11.6. The van der Waals surface area contributed by atoms with Crippen LogP contribution in [0.2, 0.25) is 0 Å². The Balaban J connectivity index is 1.94. The molecular formula is C15H16N2O3S. The van der Waals surface area contributed by atoms with Crippen molar-refractivity contribution in [3.8, 4) is 0 Å². The first-order valence-electron chi connectivity index (χ1n) is 6.44. The van der Waals surface area contributed by atoms with Gasteiger partial charge in [0.15, 0.2) is 0 Å². The summed E-state index contributed by atoms with van der Waals surface area (Å²) in [5.41, 5.74) is 1.64. The standard InChI is InChI=1S/C15H16N2O3S/c1-10(18)17-12-4-2-3-11(7-12)16-9-14-6-5-13(21-14)8-15(19)20/h2-7,16H,8-9H2,1H3,(H,17,18)(H,19,20). The van der Waals surface area contributed by atoms with Gasteiger partial charge in [0.05, 0.1) is 6.42 Å². The lowest BCUT2D eigenvalue weighted by molar-refractivity contribution is -0.136. The van der Waals surface area contributed by atoms with Crippen molar-refractivity contribution in [3.63, 3.8) is 0 Å². The molecule has 1 aromatic heterocycles. The Hall–Kier alpha value is -2.34. The molecule has 2 aromatic rings. The van der Waals surface area contributed by atoms with Crippen LogP contribution in [0.15, 0.2) is 36.4 Å². The third-order valence-electron chi connectivity index (χ3n) is 2.69. The van der Waals surface area contributed by atoms with Gasteiger partial charge in [0.25, 0.3) is 0 Å². The Bertz CT molecular complexity index is 652. The normalized spacial score (nSPS) is 10.1. The summed E-state index contributed by atoms with van der Waals surface area (Å²) in [6, 6.07) is 11.2. The minimum absolute atomic E-state index is 0.0582. The lowest BCUT2D eigenvalue weighted by Gasteiger charge is -2.07. The molecule has 0 aliphatic carbocycles. The minimum atomic E-state index is -0.820. The topological polar surface area (TPSA) is 78.4 Å². The predicted molar refractivity (Wildman–Crippen MR) is 83.7 cm³/mol. The Labute approximate surface area is 126 Å². The van der Waals surface area contributed by atoms with E-state index in [0.29, 0.717) is 6.54 Å².